The average Bonchev–Trinajstić information content (AvgIpc) is 3.47. The van der Waals surface area contributed by atoms with E-state index in [2.05, 4.69) is 13.8 Å². The molecule has 7 nitrogen and oxygen atoms in total. The summed E-state index contributed by atoms with van der Waals surface area (Å²) in [6, 6.07) is 15.1. The first-order chi connectivity index (χ1) is 17.3. The van der Waals surface area contributed by atoms with Crippen LogP contribution in [0, 0.1) is 12.8 Å². The number of aryl methyl sites for hydroxylation is 1. The van der Waals surface area contributed by atoms with Crippen molar-refractivity contribution in [2.24, 2.45) is 5.92 Å². The number of aliphatic hydroxyl groups is 1. The third-order valence-corrected chi connectivity index (χ3v) is 5.96. The van der Waals surface area contributed by atoms with Crippen molar-refractivity contribution in [3.05, 3.63) is 88.9 Å². The van der Waals surface area contributed by atoms with Crippen LogP contribution in [0.25, 0.3) is 5.76 Å². The third-order valence-electron chi connectivity index (χ3n) is 5.96. The standard InChI is InChI=1S/C29H31NO6/c1-5-34-22-11-8-20(9-12-22)16-30-26(24-7-6-14-35-24)25(28(32)29(30)33)27(31)21-10-13-23(19(4)15-21)36-17-18(2)3/h6-15,18,26,31H,5,16-17H2,1-4H3/b27-25-. The molecule has 3 aromatic rings. The number of hydrogen-bond acceptors (Lipinski definition) is 6. The van der Waals surface area contributed by atoms with E-state index in [1.165, 1.54) is 11.2 Å². The maximum Gasteiger partial charge on any atom is 0.296 e. The molecule has 4 rings (SSSR count). The fraction of sp³-hybridized carbons (Fsp3) is 0.310. The molecule has 1 N–H and O–H groups in total. The summed E-state index contributed by atoms with van der Waals surface area (Å²) in [7, 11) is 0. The normalized spacial score (nSPS) is 17.1. The number of ketones is 1. The number of aliphatic hydroxyl groups excluding tert-OH is 1. The lowest BCUT2D eigenvalue weighted by Gasteiger charge is -2.23. The van der Waals surface area contributed by atoms with Gasteiger partial charge in [-0.15, -0.1) is 0 Å². The van der Waals surface area contributed by atoms with Crippen molar-refractivity contribution in [1.29, 1.82) is 0 Å². The van der Waals surface area contributed by atoms with Crippen LogP contribution in [-0.2, 0) is 16.1 Å². The molecule has 1 aromatic heterocycles. The first kappa shape index (κ1) is 25.1. The predicted molar refractivity (Wildman–Crippen MR) is 136 cm³/mol. The number of nitrogens with zero attached hydrogens (tertiary/aromatic N) is 1. The Kier molecular flexibility index (Phi) is 7.48. The number of ether oxygens (including phenoxy) is 2. The lowest BCUT2D eigenvalue weighted by Crippen LogP contribution is -2.29. The second-order valence-corrected chi connectivity index (χ2v) is 9.20. The van der Waals surface area contributed by atoms with Crippen LogP contribution in [0.1, 0.15) is 49.3 Å². The van der Waals surface area contributed by atoms with Gasteiger partial charge in [0.1, 0.15) is 29.1 Å². The van der Waals surface area contributed by atoms with Crippen molar-refractivity contribution in [3.8, 4) is 11.5 Å². The van der Waals surface area contributed by atoms with Crippen LogP contribution in [-0.4, -0.2) is 34.9 Å². The van der Waals surface area contributed by atoms with E-state index in [1.54, 1.807) is 30.3 Å². The topological polar surface area (TPSA) is 89.2 Å². The molecule has 1 unspecified atom stereocenters. The van der Waals surface area contributed by atoms with E-state index in [-0.39, 0.29) is 17.9 Å². The zero-order valence-corrected chi connectivity index (χ0v) is 21.0. The number of Topliss-reactive ketones (excluding diaryl/α,β-unsaturated/α-hetero) is 1. The van der Waals surface area contributed by atoms with Gasteiger partial charge in [0.25, 0.3) is 11.7 Å². The third kappa shape index (κ3) is 5.15. The summed E-state index contributed by atoms with van der Waals surface area (Å²) in [4.78, 5) is 27.8. The molecule has 0 saturated carbocycles. The number of carbonyl (C=O) groups excluding carboxylic acids is 2. The van der Waals surface area contributed by atoms with Crippen LogP contribution >= 0.6 is 0 Å². The van der Waals surface area contributed by atoms with Crippen molar-refractivity contribution in [2.45, 2.75) is 40.3 Å². The Morgan fingerprint density at radius 2 is 1.83 bits per heavy atom. The molecular formula is C29H31NO6. The lowest BCUT2D eigenvalue weighted by atomic mass is 9.98. The van der Waals surface area contributed by atoms with E-state index in [9.17, 15) is 14.7 Å². The fourth-order valence-corrected chi connectivity index (χ4v) is 4.21. The fourth-order valence-electron chi connectivity index (χ4n) is 4.21. The van der Waals surface area contributed by atoms with Crippen LogP contribution in [0.4, 0.5) is 0 Å². The van der Waals surface area contributed by atoms with E-state index in [0.29, 0.717) is 36.2 Å². The van der Waals surface area contributed by atoms with Gasteiger partial charge >= 0.3 is 0 Å². The van der Waals surface area contributed by atoms with Gasteiger partial charge in [-0.05, 0) is 73.4 Å². The number of likely N-dealkylation sites (tertiary alicyclic amines) is 1. The van der Waals surface area contributed by atoms with E-state index < -0.39 is 17.7 Å². The Bertz CT molecular complexity index is 1260. The quantitative estimate of drug-likeness (QED) is 0.238. The Morgan fingerprint density at radius 3 is 2.44 bits per heavy atom. The first-order valence-corrected chi connectivity index (χ1v) is 12.1. The van der Waals surface area contributed by atoms with Crippen LogP contribution in [0.5, 0.6) is 11.5 Å². The van der Waals surface area contributed by atoms with Crippen LogP contribution in [0.3, 0.4) is 0 Å². The highest BCUT2D eigenvalue weighted by Crippen LogP contribution is 2.41. The van der Waals surface area contributed by atoms with Gasteiger partial charge in [-0.2, -0.15) is 0 Å². The molecule has 2 aromatic carbocycles. The Labute approximate surface area is 210 Å². The first-order valence-electron chi connectivity index (χ1n) is 12.1. The molecular weight excluding hydrogens is 458 g/mol. The van der Waals surface area contributed by atoms with E-state index in [0.717, 1.165) is 16.9 Å². The molecule has 1 saturated heterocycles. The molecule has 0 aliphatic carbocycles. The highest BCUT2D eigenvalue weighted by molar-refractivity contribution is 6.46. The molecule has 2 heterocycles. The summed E-state index contributed by atoms with van der Waals surface area (Å²) >= 11 is 0. The molecule has 0 radical (unpaired) electrons. The van der Waals surface area contributed by atoms with E-state index in [4.69, 9.17) is 13.9 Å². The number of furan rings is 1. The number of amides is 1. The van der Waals surface area contributed by atoms with Gasteiger partial charge in [0.2, 0.25) is 0 Å². The molecule has 36 heavy (non-hydrogen) atoms. The van der Waals surface area contributed by atoms with Crippen molar-refractivity contribution < 1.29 is 28.6 Å². The van der Waals surface area contributed by atoms with Gasteiger partial charge < -0.3 is 23.9 Å². The maximum atomic E-state index is 13.2. The molecule has 0 bridgehead atoms. The van der Waals surface area contributed by atoms with E-state index >= 15 is 0 Å². The van der Waals surface area contributed by atoms with Gasteiger partial charge in [-0.3, -0.25) is 9.59 Å². The lowest BCUT2D eigenvalue weighted by molar-refractivity contribution is -0.140. The Balaban J connectivity index is 1.70. The summed E-state index contributed by atoms with van der Waals surface area (Å²) in [5, 5.41) is 11.3. The minimum atomic E-state index is -0.858. The molecule has 1 aliphatic rings. The highest BCUT2D eigenvalue weighted by Gasteiger charge is 2.47. The SMILES string of the molecule is CCOc1ccc(CN2C(=O)C(=O)/C(=C(\O)c3ccc(OCC(C)C)c(C)c3)C2c2ccco2)cc1. The average molecular weight is 490 g/mol. The van der Waals surface area contributed by atoms with Crippen LogP contribution in [0.15, 0.2) is 70.9 Å². The zero-order valence-electron chi connectivity index (χ0n) is 21.0. The second-order valence-electron chi connectivity index (χ2n) is 9.20. The Morgan fingerprint density at radius 1 is 1.08 bits per heavy atom. The molecule has 1 fully saturated rings. The molecule has 1 amide bonds. The monoisotopic (exact) mass is 489 g/mol. The molecule has 1 aliphatic heterocycles. The number of benzene rings is 2. The smallest absolute Gasteiger partial charge is 0.296 e. The summed E-state index contributed by atoms with van der Waals surface area (Å²) in [5.74, 6) is 0.508. The largest absolute Gasteiger partial charge is 0.507 e. The van der Waals surface area contributed by atoms with Gasteiger partial charge in [-0.1, -0.05) is 26.0 Å². The van der Waals surface area contributed by atoms with E-state index in [1.807, 2.05) is 38.1 Å². The van der Waals surface area contributed by atoms with Gasteiger partial charge in [0.05, 0.1) is 25.1 Å². The number of carbonyl (C=O) groups is 2. The predicted octanol–water partition coefficient (Wildman–Crippen LogP) is 5.64. The summed E-state index contributed by atoms with van der Waals surface area (Å²) in [5.41, 5.74) is 2.06. The molecule has 0 spiro atoms. The Hall–Kier alpha value is -4.00. The van der Waals surface area contributed by atoms with Crippen molar-refractivity contribution in [1.82, 2.24) is 4.90 Å². The van der Waals surface area contributed by atoms with Crippen molar-refractivity contribution >= 4 is 17.4 Å². The van der Waals surface area contributed by atoms with Gasteiger partial charge in [0.15, 0.2) is 0 Å². The molecule has 7 heteroatoms. The van der Waals surface area contributed by atoms with Crippen LogP contribution < -0.4 is 9.47 Å². The van der Waals surface area contributed by atoms with Crippen molar-refractivity contribution in [2.75, 3.05) is 13.2 Å². The zero-order chi connectivity index (χ0) is 25.8. The highest BCUT2D eigenvalue weighted by atomic mass is 16.5. The summed E-state index contributed by atoms with van der Waals surface area (Å²) < 4.78 is 16.9. The number of rotatable bonds is 9. The maximum absolute atomic E-state index is 13.2. The number of hydrogen-bond donors (Lipinski definition) is 1. The minimum absolute atomic E-state index is 0.00358. The molecule has 188 valence electrons. The second kappa shape index (κ2) is 10.7. The van der Waals surface area contributed by atoms with Crippen molar-refractivity contribution in [3.63, 3.8) is 0 Å². The molecule has 1 atom stereocenters. The summed E-state index contributed by atoms with van der Waals surface area (Å²) in [6.07, 6.45) is 1.48. The minimum Gasteiger partial charge on any atom is -0.507 e. The van der Waals surface area contributed by atoms with Gasteiger partial charge in [-0.25, -0.2) is 0 Å². The summed E-state index contributed by atoms with van der Waals surface area (Å²) in [6.45, 7) is 9.21. The van der Waals surface area contributed by atoms with Gasteiger partial charge in [0, 0.05) is 12.1 Å². The van der Waals surface area contributed by atoms with Crippen LogP contribution in [0.2, 0.25) is 0 Å².